The number of carbonyl (C=O) groups excluding carboxylic acids is 1. The number of benzene rings is 1. The number of rotatable bonds is 5. The van der Waals surface area contributed by atoms with Crippen molar-refractivity contribution in [1.82, 2.24) is 13.9 Å². The highest BCUT2D eigenvalue weighted by molar-refractivity contribution is 7.89. The van der Waals surface area contributed by atoms with Crippen LogP contribution in [-0.2, 0) is 33.7 Å². The van der Waals surface area contributed by atoms with Gasteiger partial charge in [0.25, 0.3) is 5.56 Å². The molecule has 2 rings (SSSR count). The zero-order chi connectivity index (χ0) is 20.5. The molecule has 0 fully saturated rings. The molecule has 1 aromatic heterocycles. The Kier molecular flexibility index (Phi) is 5.61. The molecule has 1 N–H and O–H groups in total. The first-order chi connectivity index (χ1) is 12.5. The molecule has 1 atom stereocenters. The molecular weight excluding hydrogens is 388 g/mol. The lowest BCUT2D eigenvalue weighted by atomic mass is 10.1. The number of nitrogens with zero attached hydrogens (tertiary/aromatic N) is 2. The minimum absolute atomic E-state index is 0.546. The van der Waals surface area contributed by atoms with Gasteiger partial charge in [0.1, 0.15) is 17.7 Å². The molecule has 146 valence electrons. The fraction of sp³-hybridized carbons (Fsp3) is 0.267. The number of carbonyl (C=O) groups is 1. The van der Waals surface area contributed by atoms with Crippen molar-refractivity contribution < 1.29 is 26.7 Å². The number of halogens is 2. The van der Waals surface area contributed by atoms with Crippen LogP contribution in [-0.4, -0.2) is 30.6 Å². The van der Waals surface area contributed by atoms with Crippen molar-refractivity contribution >= 4 is 16.0 Å². The number of nitrogens with one attached hydrogen (secondary N) is 1. The summed E-state index contributed by atoms with van der Waals surface area (Å²) in [4.78, 5) is 35.0. The lowest BCUT2D eigenvalue weighted by molar-refractivity contribution is -0.142. The topological polar surface area (TPSA) is 116 Å². The summed E-state index contributed by atoms with van der Waals surface area (Å²) in [6.07, 6.45) is 0.753. The molecule has 2 aromatic rings. The molecule has 1 aromatic carbocycles. The Labute approximate surface area is 151 Å². The summed E-state index contributed by atoms with van der Waals surface area (Å²) in [5, 5.41) is 0. The molecule has 0 amide bonds. The van der Waals surface area contributed by atoms with Crippen LogP contribution in [0.1, 0.15) is 11.6 Å². The molecule has 1 unspecified atom stereocenters. The first-order valence-corrected chi connectivity index (χ1v) is 8.79. The van der Waals surface area contributed by atoms with Gasteiger partial charge in [-0.15, -0.1) is 0 Å². The van der Waals surface area contributed by atoms with E-state index in [9.17, 15) is 31.6 Å². The van der Waals surface area contributed by atoms with E-state index in [1.165, 1.54) is 7.05 Å². The van der Waals surface area contributed by atoms with Gasteiger partial charge in [0.2, 0.25) is 10.0 Å². The van der Waals surface area contributed by atoms with E-state index in [-0.39, 0.29) is 0 Å². The molecule has 9 nitrogen and oxygen atoms in total. The number of hydrogen-bond acceptors (Lipinski definition) is 6. The van der Waals surface area contributed by atoms with E-state index in [1.807, 2.05) is 4.72 Å². The zero-order valence-corrected chi connectivity index (χ0v) is 15.2. The number of esters is 1. The molecule has 0 aliphatic rings. The second-order valence-electron chi connectivity index (χ2n) is 5.49. The number of ether oxygens (including phenoxy) is 1. The Morgan fingerprint density at radius 1 is 1.22 bits per heavy atom. The fourth-order valence-corrected chi connectivity index (χ4v) is 3.59. The van der Waals surface area contributed by atoms with Crippen LogP contribution in [0.4, 0.5) is 8.78 Å². The van der Waals surface area contributed by atoms with Gasteiger partial charge < -0.3 is 9.30 Å². The number of sulfonamides is 1. The van der Waals surface area contributed by atoms with Crippen molar-refractivity contribution in [1.29, 1.82) is 0 Å². The summed E-state index contributed by atoms with van der Waals surface area (Å²) < 4.78 is 60.4. The van der Waals surface area contributed by atoms with E-state index in [0.717, 1.165) is 31.0 Å². The maximum absolute atomic E-state index is 14.0. The van der Waals surface area contributed by atoms with Gasteiger partial charge in [-0.1, -0.05) is 0 Å². The third kappa shape index (κ3) is 3.95. The van der Waals surface area contributed by atoms with Gasteiger partial charge in [0.15, 0.2) is 4.90 Å². The number of methoxy groups -OCH3 is 1. The average molecular weight is 403 g/mol. The largest absolute Gasteiger partial charge is 0.468 e. The predicted octanol–water partition coefficient (Wildman–Crippen LogP) is -0.445. The van der Waals surface area contributed by atoms with Crippen LogP contribution in [0.15, 0.2) is 38.9 Å². The van der Waals surface area contributed by atoms with E-state index in [1.54, 1.807) is 0 Å². The highest BCUT2D eigenvalue weighted by atomic mass is 32.2. The van der Waals surface area contributed by atoms with Gasteiger partial charge in [-0.25, -0.2) is 26.8 Å². The second kappa shape index (κ2) is 7.40. The quantitative estimate of drug-likeness (QED) is 0.677. The van der Waals surface area contributed by atoms with Gasteiger partial charge in [0.05, 0.1) is 7.11 Å². The number of aromatic nitrogens is 2. The molecular formula is C15H15F2N3O6S. The first kappa shape index (κ1) is 20.5. The van der Waals surface area contributed by atoms with Crippen LogP contribution < -0.4 is 16.0 Å². The number of hydrogen-bond donors (Lipinski definition) is 1. The normalized spacial score (nSPS) is 12.6. The Hall–Kier alpha value is -2.86. The highest BCUT2D eigenvalue weighted by Gasteiger charge is 2.32. The van der Waals surface area contributed by atoms with E-state index in [2.05, 4.69) is 4.74 Å². The minimum atomic E-state index is -4.72. The van der Waals surface area contributed by atoms with Gasteiger partial charge >= 0.3 is 11.7 Å². The minimum Gasteiger partial charge on any atom is -0.468 e. The van der Waals surface area contributed by atoms with E-state index in [0.29, 0.717) is 16.7 Å². The van der Waals surface area contributed by atoms with Crippen LogP contribution in [0, 0.1) is 11.6 Å². The van der Waals surface area contributed by atoms with Crippen LogP contribution >= 0.6 is 0 Å². The van der Waals surface area contributed by atoms with Crippen molar-refractivity contribution in [2.45, 2.75) is 10.9 Å². The molecule has 27 heavy (non-hydrogen) atoms. The lowest BCUT2D eigenvalue weighted by Crippen LogP contribution is -2.43. The monoisotopic (exact) mass is 403 g/mol. The van der Waals surface area contributed by atoms with Crippen molar-refractivity contribution in [3.8, 4) is 0 Å². The molecule has 0 radical (unpaired) electrons. The van der Waals surface area contributed by atoms with Crippen LogP contribution in [0.3, 0.4) is 0 Å². The van der Waals surface area contributed by atoms with Crippen molar-refractivity contribution in [3.05, 3.63) is 62.4 Å². The molecule has 0 aliphatic heterocycles. The lowest BCUT2D eigenvalue weighted by Gasteiger charge is -2.18. The van der Waals surface area contributed by atoms with Crippen LogP contribution in [0.5, 0.6) is 0 Å². The summed E-state index contributed by atoms with van der Waals surface area (Å²) in [7, 11) is -1.52. The van der Waals surface area contributed by atoms with Gasteiger partial charge in [-0.2, -0.15) is 4.72 Å². The number of aryl methyl sites for hydroxylation is 1. The highest BCUT2D eigenvalue weighted by Crippen LogP contribution is 2.21. The Balaban J connectivity index is 2.62. The Morgan fingerprint density at radius 2 is 1.85 bits per heavy atom. The summed E-state index contributed by atoms with van der Waals surface area (Å²) in [6, 6.07) is 0.153. The Bertz CT molecular complexity index is 1120. The van der Waals surface area contributed by atoms with E-state index >= 15 is 0 Å². The third-order valence-electron chi connectivity index (χ3n) is 3.68. The van der Waals surface area contributed by atoms with E-state index in [4.69, 9.17) is 0 Å². The Morgan fingerprint density at radius 3 is 2.44 bits per heavy atom. The van der Waals surface area contributed by atoms with Crippen molar-refractivity contribution in [2.24, 2.45) is 14.1 Å². The average Bonchev–Trinajstić information content (AvgIpc) is 2.62. The summed E-state index contributed by atoms with van der Waals surface area (Å²) >= 11 is 0. The summed E-state index contributed by atoms with van der Waals surface area (Å²) in [6.45, 7) is 0. The molecule has 12 heteroatoms. The predicted molar refractivity (Wildman–Crippen MR) is 88.4 cm³/mol. The van der Waals surface area contributed by atoms with Gasteiger partial charge in [-0.3, -0.25) is 9.36 Å². The molecule has 1 heterocycles. The fourth-order valence-electron chi connectivity index (χ4n) is 2.27. The van der Waals surface area contributed by atoms with Crippen molar-refractivity contribution in [2.75, 3.05) is 7.11 Å². The molecule has 0 saturated carbocycles. The standard InChI is InChI=1S/C15H15F2N3O6S/c1-19-7-11(13(21)20(2)15(19)23)27(24,25)18-12(14(22)26-3)9-6-8(16)4-5-10(9)17/h4-7,12,18H,1-3H3. The summed E-state index contributed by atoms with van der Waals surface area (Å²) in [5.74, 6) is -3.22. The third-order valence-corrected chi connectivity index (χ3v) is 5.09. The van der Waals surface area contributed by atoms with Gasteiger partial charge in [-0.05, 0) is 18.2 Å². The molecule has 0 spiro atoms. The van der Waals surface area contributed by atoms with Crippen LogP contribution in [0.2, 0.25) is 0 Å². The smallest absolute Gasteiger partial charge is 0.330 e. The van der Waals surface area contributed by atoms with Gasteiger partial charge in [0, 0.05) is 25.9 Å². The van der Waals surface area contributed by atoms with Crippen LogP contribution in [0.25, 0.3) is 0 Å². The second-order valence-corrected chi connectivity index (χ2v) is 7.18. The maximum atomic E-state index is 14.0. The zero-order valence-electron chi connectivity index (χ0n) is 14.4. The molecule has 0 saturated heterocycles. The maximum Gasteiger partial charge on any atom is 0.330 e. The van der Waals surface area contributed by atoms with Crippen molar-refractivity contribution in [3.63, 3.8) is 0 Å². The van der Waals surface area contributed by atoms with E-state index < -0.39 is 55.4 Å². The summed E-state index contributed by atoms with van der Waals surface area (Å²) in [5.41, 5.74) is -2.57. The molecule has 0 bridgehead atoms. The first-order valence-electron chi connectivity index (χ1n) is 7.31. The SMILES string of the molecule is COC(=O)C(NS(=O)(=O)c1cn(C)c(=O)n(C)c1=O)c1cc(F)ccc1F. The molecule has 0 aliphatic carbocycles.